The first kappa shape index (κ1) is 10.6. The molecule has 4 heteroatoms. The molecule has 17 heavy (non-hydrogen) atoms. The lowest BCUT2D eigenvalue weighted by molar-refractivity contribution is 0.556. The second kappa shape index (κ2) is 3.46. The van der Waals surface area contributed by atoms with Crippen molar-refractivity contribution >= 4 is 28.6 Å². The van der Waals surface area contributed by atoms with Crippen molar-refractivity contribution in [2.24, 2.45) is 12.0 Å². The number of rotatable bonds is 2. The molecule has 0 bridgehead atoms. The fourth-order valence-electron chi connectivity index (χ4n) is 2.38. The van der Waals surface area contributed by atoms with E-state index in [2.05, 4.69) is 4.99 Å². The molecule has 1 aliphatic carbocycles. The molecule has 3 rings (SSSR count). The Morgan fingerprint density at radius 2 is 2.24 bits per heavy atom. The number of fused-ring (bicyclic) bond motifs is 1. The molecule has 0 radical (unpaired) electrons. The van der Waals surface area contributed by atoms with E-state index in [1.54, 1.807) is 6.08 Å². The Bertz CT molecular complexity index is 649. The molecule has 0 saturated heterocycles. The lowest BCUT2D eigenvalue weighted by atomic mass is 10.0. The van der Waals surface area contributed by atoms with Gasteiger partial charge >= 0.3 is 0 Å². The maximum atomic E-state index is 10.5. The highest BCUT2D eigenvalue weighted by molar-refractivity contribution is 6.31. The summed E-state index contributed by atoms with van der Waals surface area (Å²) in [5.41, 5.74) is 1.85. The monoisotopic (exact) mass is 246 g/mol. The summed E-state index contributed by atoms with van der Waals surface area (Å²) < 4.78 is 2.02. The third kappa shape index (κ3) is 1.51. The molecule has 0 atom stereocenters. The highest BCUT2D eigenvalue weighted by Crippen LogP contribution is 2.51. The zero-order chi connectivity index (χ0) is 12.0. The van der Waals surface area contributed by atoms with Gasteiger partial charge in [-0.25, -0.2) is 4.79 Å². The van der Waals surface area contributed by atoms with Gasteiger partial charge in [-0.15, -0.1) is 0 Å². The molecule has 1 fully saturated rings. The standard InChI is InChI=1S/C13H11ClN2O/c1-16-7-11(13(4-5-13)15-8-17)10-3-2-9(14)6-12(10)16/h2-3,6-7H,4-5H2,1H3. The molecule has 0 spiro atoms. The van der Waals surface area contributed by atoms with Crippen LogP contribution < -0.4 is 0 Å². The summed E-state index contributed by atoms with van der Waals surface area (Å²) in [7, 11) is 1.98. The Morgan fingerprint density at radius 1 is 1.47 bits per heavy atom. The first-order valence-electron chi connectivity index (χ1n) is 5.50. The Balaban J connectivity index is 2.28. The van der Waals surface area contributed by atoms with E-state index in [1.165, 1.54) is 0 Å². The summed E-state index contributed by atoms with van der Waals surface area (Å²) >= 11 is 5.99. The molecule has 1 heterocycles. The van der Waals surface area contributed by atoms with Crippen LogP contribution in [-0.2, 0) is 17.4 Å². The normalized spacial score (nSPS) is 16.8. The summed E-state index contributed by atoms with van der Waals surface area (Å²) in [5.74, 6) is 0. The van der Waals surface area contributed by atoms with Crippen LogP contribution >= 0.6 is 11.6 Å². The minimum Gasteiger partial charge on any atom is -0.350 e. The summed E-state index contributed by atoms with van der Waals surface area (Å²) in [6.45, 7) is 0. The first-order chi connectivity index (χ1) is 8.16. The van der Waals surface area contributed by atoms with Crippen molar-refractivity contribution in [1.29, 1.82) is 0 Å². The highest BCUT2D eigenvalue weighted by Gasteiger charge is 2.46. The van der Waals surface area contributed by atoms with Crippen molar-refractivity contribution < 1.29 is 4.79 Å². The van der Waals surface area contributed by atoms with Crippen LogP contribution in [0.2, 0.25) is 5.02 Å². The van der Waals surface area contributed by atoms with E-state index in [1.807, 2.05) is 36.0 Å². The van der Waals surface area contributed by atoms with Crippen LogP contribution in [0.3, 0.4) is 0 Å². The Morgan fingerprint density at radius 3 is 2.88 bits per heavy atom. The van der Waals surface area contributed by atoms with Gasteiger partial charge in [-0.2, -0.15) is 4.99 Å². The third-order valence-electron chi connectivity index (χ3n) is 3.44. The van der Waals surface area contributed by atoms with E-state index in [0.717, 1.165) is 29.3 Å². The van der Waals surface area contributed by atoms with Crippen molar-refractivity contribution in [2.75, 3.05) is 0 Å². The molecule has 1 aromatic heterocycles. The van der Waals surface area contributed by atoms with Crippen LogP contribution in [-0.4, -0.2) is 10.6 Å². The van der Waals surface area contributed by atoms with E-state index >= 15 is 0 Å². The number of nitrogens with zero attached hydrogens (tertiary/aromatic N) is 2. The fraction of sp³-hybridized carbons (Fsp3) is 0.308. The minimum absolute atomic E-state index is 0.324. The molecular weight excluding hydrogens is 236 g/mol. The molecule has 2 aromatic rings. The molecule has 3 nitrogen and oxygen atoms in total. The predicted molar refractivity (Wildman–Crippen MR) is 67.0 cm³/mol. The van der Waals surface area contributed by atoms with Gasteiger partial charge in [0.25, 0.3) is 0 Å². The smallest absolute Gasteiger partial charge is 0.235 e. The number of aromatic nitrogens is 1. The van der Waals surface area contributed by atoms with E-state index < -0.39 is 0 Å². The second-order valence-electron chi connectivity index (χ2n) is 4.55. The number of aryl methyl sites for hydroxylation is 1. The minimum atomic E-state index is -0.324. The molecule has 0 amide bonds. The van der Waals surface area contributed by atoms with Gasteiger partial charge in [0.05, 0.1) is 0 Å². The number of hydrogen-bond donors (Lipinski definition) is 0. The fourth-order valence-corrected chi connectivity index (χ4v) is 2.54. The van der Waals surface area contributed by atoms with E-state index in [9.17, 15) is 4.79 Å². The SMILES string of the molecule is Cn1cc(C2(N=C=O)CC2)c2ccc(Cl)cc21. The van der Waals surface area contributed by atoms with Gasteiger partial charge in [0.1, 0.15) is 5.54 Å². The Labute approximate surface area is 104 Å². The zero-order valence-electron chi connectivity index (χ0n) is 9.40. The number of halogens is 1. The molecule has 0 unspecified atom stereocenters. The van der Waals surface area contributed by atoms with Gasteiger partial charge < -0.3 is 4.57 Å². The van der Waals surface area contributed by atoms with Gasteiger partial charge in [0.2, 0.25) is 6.08 Å². The zero-order valence-corrected chi connectivity index (χ0v) is 10.2. The lowest BCUT2D eigenvalue weighted by Gasteiger charge is -2.05. The summed E-state index contributed by atoms with van der Waals surface area (Å²) in [6.07, 6.45) is 5.57. The molecule has 0 N–H and O–H groups in total. The van der Waals surface area contributed by atoms with Crippen molar-refractivity contribution in [1.82, 2.24) is 4.57 Å². The predicted octanol–water partition coefficient (Wildman–Crippen LogP) is 3.16. The van der Waals surface area contributed by atoms with Crippen LogP contribution in [0.1, 0.15) is 18.4 Å². The summed E-state index contributed by atoms with van der Waals surface area (Å²) in [4.78, 5) is 14.5. The summed E-state index contributed by atoms with van der Waals surface area (Å²) in [6, 6.07) is 5.79. The lowest BCUT2D eigenvalue weighted by Crippen LogP contribution is -2.00. The number of aliphatic imine (C=N–C) groups is 1. The topological polar surface area (TPSA) is 34.4 Å². The van der Waals surface area contributed by atoms with Gasteiger partial charge in [-0.3, -0.25) is 0 Å². The van der Waals surface area contributed by atoms with Crippen LogP contribution in [0.15, 0.2) is 29.4 Å². The van der Waals surface area contributed by atoms with E-state index in [4.69, 9.17) is 11.6 Å². The maximum Gasteiger partial charge on any atom is 0.235 e. The van der Waals surface area contributed by atoms with E-state index in [-0.39, 0.29) is 5.54 Å². The van der Waals surface area contributed by atoms with Crippen molar-refractivity contribution in [3.63, 3.8) is 0 Å². The Kier molecular flexibility index (Phi) is 2.15. The average molecular weight is 247 g/mol. The van der Waals surface area contributed by atoms with Gasteiger partial charge in [-0.05, 0) is 25.0 Å². The maximum absolute atomic E-state index is 10.5. The molecule has 1 aliphatic rings. The van der Waals surface area contributed by atoms with Crippen LogP contribution in [0.25, 0.3) is 10.9 Å². The van der Waals surface area contributed by atoms with Crippen molar-refractivity contribution in [2.45, 2.75) is 18.4 Å². The molecule has 1 saturated carbocycles. The van der Waals surface area contributed by atoms with E-state index in [0.29, 0.717) is 5.02 Å². The van der Waals surface area contributed by atoms with Crippen molar-refractivity contribution in [3.05, 3.63) is 35.0 Å². The number of isocyanates is 1. The van der Waals surface area contributed by atoms with Crippen molar-refractivity contribution in [3.8, 4) is 0 Å². The average Bonchev–Trinajstić information content (AvgIpc) is 3.00. The third-order valence-corrected chi connectivity index (χ3v) is 3.67. The number of hydrogen-bond acceptors (Lipinski definition) is 2. The molecular formula is C13H11ClN2O. The quantitative estimate of drug-likeness (QED) is 0.592. The van der Waals surface area contributed by atoms with Gasteiger partial charge in [0.15, 0.2) is 0 Å². The second-order valence-corrected chi connectivity index (χ2v) is 4.99. The van der Waals surface area contributed by atoms with Gasteiger partial charge in [0, 0.05) is 34.7 Å². The van der Waals surface area contributed by atoms with Crippen LogP contribution in [0.4, 0.5) is 0 Å². The Hall–Kier alpha value is -1.57. The summed E-state index contributed by atoms with van der Waals surface area (Å²) in [5, 5.41) is 1.84. The number of benzene rings is 1. The highest BCUT2D eigenvalue weighted by atomic mass is 35.5. The van der Waals surface area contributed by atoms with Gasteiger partial charge in [-0.1, -0.05) is 17.7 Å². The largest absolute Gasteiger partial charge is 0.350 e. The number of carbonyl (C=O) groups excluding carboxylic acids is 1. The first-order valence-corrected chi connectivity index (χ1v) is 5.88. The van der Waals surface area contributed by atoms with Crippen LogP contribution in [0.5, 0.6) is 0 Å². The molecule has 0 aliphatic heterocycles. The molecule has 86 valence electrons. The van der Waals surface area contributed by atoms with Crippen LogP contribution in [0, 0.1) is 0 Å². The molecule has 1 aromatic carbocycles.